The summed E-state index contributed by atoms with van der Waals surface area (Å²) in [6.07, 6.45) is 0. The second-order valence-electron chi connectivity index (χ2n) is 3.07. The summed E-state index contributed by atoms with van der Waals surface area (Å²) in [6, 6.07) is 5.55. The van der Waals surface area contributed by atoms with Crippen LogP contribution in [0.1, 0.15) is 5.56 Å². The highest BCUT2D eigenvalue weighted by Gasteiger charge is 2.08. The highest BCUT2D eigenvalue weighted by molar-refractivity contribution is 5.74. The number of benzene rings is 1. The summed E-state index contributed by atoms with van der Waals surface area (Å²) >= 11 is 0. The summed E-state index contributed by atoms with van der Waals surface area (Å²) in [5.74, 6) is 0.477. The highest BCUT2D eigenvalue weighted by Crippen LogP contribution is 2.24. The van der Waals surface area contributed by atoms with Crippen LogP contribution in [0.5, 0.6) is 0 Å². The Kier molecular flexibility index (Phi) is 1.85. The molecule has 5 nitrogen and oxygen atoms in total. The number of nitrogens with zero attached hydrogens (tertiary/aromatic N) is 1. The quantitative estimate of drug-likeness (QED) is 0.577. The first-order valence-corrected chi connectivity index (χ1v) is 4.18. The minimum atomic E-state index is -0.331. The Bertz CT molecular complexity index is 491. The third-order valence-corrected chi connectivity index (χ3v) is 2.04. The molecule has 0 amide bonds. The number of hydrogen-bond acceptors (Lipinski definition) is 3. The number of nitrogens with one attached hydrogen (secondary N) is 2. The summed E-state index contributed by atoms with van der Waals surface area (Å²) in [4.78, 5) is 13.4. The van der Waals surface area contributed by atoms with Crippen molar-refractivity contribution in [2.75, 3.05) is 5.73 Å². The smallest absolute Gasteiger partial charge is 0.340 e. The fourth-order valence-corrected chi connectivity index (χ4v) is 1.40. The summed E-state index contributed by atoms with van der Waals surface area (Å²) in [7, 11) is 0. The van der Waals surface area contributed by atoms with Crippen LogP contribution in [-0.2, 0) is 0 Å². The predicted octanol–water partition coefficient (Wildman–Crippen LogP) is 0.656. The molecule has 1 aromatic carbocycles. The molecule has 0 aliphatic heterocycles. The minimum Gasteiger partial charge on any atom is -0.398 e. The van der Waals surface area contributed by atoms with Crippen molar-refractivity contribution in [3.8, 4) is 11.4 Å². The zero-order valence-electron chi connectivity index (χ0n) is 7.66. The lowest BCUT2D eigenvalue weighted by molar-refractivity contribution is 1.05. The van der Waals surface area contributed by atoms with E-state index in [1.165, 1.54) is 0 Å². The van der Waals surface area contributed by atoms with E-state index in [1.807, 2.05) is 19.1 Å². The Morgan fingerprint density at radius 2 is 2.21 bits per heavy atom. The average Bonchev–Trinajstić information content (AvgIpc) is 2.51. The molecule has 14 heavy (non-hydrogen) atoms. The third kappa shape index (κ3) is 1.28. The molecule has 4 N–H and O–H groups in total. The maximum absolute atomic E-state index is 10.9. The Balaban J connectivity index is 2.67. The lowest BCUT2D eigenvalue weighted by Gasteiger charge is -2.04. The van der Waals surface area contributed by atoms with E-state index in [9.17, 15) is 4.79 Å². The van der Waals surface area contributed by atoms with Crippen LogP contribution in [0.4, 0.5) is 5.69 Å². The zero-order valence-corrected chi connectivity index (χ0v) is 7.66. The summed E-state index contributed by atoms with van der Waals surface area (Å²) < 4.78 is 0. The number of aromatic amines is 2. The van der Waals surface area contributed by atoms with E-state index < -0.39 is 0 Å². The van der Waals surface area contributed by atoms with Crippen LogP contribution >= 0.6 is 0 Å². The van der Waals surface area contributed by atoms with Crippen LogP contribution in [0.3, 0.4) is 0 Å². The van der Waals surface area contributed by atoms with E-state index >= 15 is 0 Å². The monoisotopic (exact) mass is 190 g/mol. The number of anilines is 1. The van der Waals surface area contributed by atoms with Crippen molar-refractivity contribution in [1.29, 1.82) is 0 Å². The second kappa shape index (κ2) is 3.02. The van der Waals surface area contributed by atoms with Crippen molar-refractivity contribution in [2.45, 2.75) is 6.92 Å². The molecule has 0 bridgehead atoms. The number of aryl methyl sites for hydroxylation is 1. The highest BCUT2D eigenvalue weighted by atomic mass is 16.1. The van der Waals surface area contributed by atoms with Gasteiger partial charge in [-0.05, 0) is 18.6 Å². The van der Waals surface area contributed by atoms with Crippen molar-refractivity contribution >= 4 is 5.69 Å². The van der Waals surface area contributed by atoms with Gasteiger partial charge in [0.15, 0.2) is 5.82 Å². The molecule has 5 heteroatoms. The fourth-order valence-electron chi connectivity index (χ4n) is 1.40. The van der Waals surface area contributed by atoms with Crippen molar-refractivity contribution in [3.05, 3.63) is 34.2 Å². The summed E-state index contributed by atoms with van der Waals surface area (Å²) in [6.45, 7) is 1.92. The molecule has 1 heterocycles. The van der Waals surface area contributed by atoms with Gasteiger partial charge in [-0.15, -0.1) is 0 Å². The Morgan fingerprint density at radius 3 is 2.79 bits per heavy atom. The zero-order chi connectivity index (χ0) is 10.1. The molecular formula is C9H10N4O. The number of H-pyrrole nitrogens is 2. The SMILES string of the molecule is Cc1cccc(N)c1-c1n[nH]c(=O)[nH]1. The average molecular weight is 190 g/mol. The van der Waals surface area contributed by atoms with Crippen molar-refractivity contribution < 1.29 is 0 Å². The Hall–Kier alpha value is -2.04. The van der Waals surface area contributed by atoms with Gasteiger partial charge in [0.2, 0.25) is 0 Å². The van der Waals surface area contributed by atoms with Crippen LogP contribution in [0, 0.1) is 6.92 Å². The maximum atomic E-state index is 10.9. The van der Waals surface area contributed by atoms with E-state index in [0.717, 1.165) is 11.1 Å². The molecule has 0 unspecified atom stereocenters. The number of nitrogens with two attached hydrogens (primary N) is 1. The molecule has 0 aliphatic rings. The largest absolute Gasteiger partial charge is 0.398 e. The van der Waals surface area contributed by atoms with Crippen LogP contribution in [0.15, 0.2) is 23.0 Å². The van der Waals surface area contributed by atoms with Gasteiger partial charge in [-0.1, -0.05) is 12.1 Å². The Morgan fingerprint density at radius 1 is 1.43 bits per heavy atom. The fraction of sp³-hybridized carbons (Fsp3) is 0.111. The van der Waals surface area contributed by atoms with Gasteiger partial charge < -0.3 is 5.73 Å². The molecule has 0 atom stereocenters. The lowest BCUT2D eigenvalue weighted by atomic mass is 10.1. The summed E-state index contributed by atoms with van der Waals surface area (Å²) in [5, 5.41) is 6.14. The second-order valence-corrected chi connectivity index (χ2v) is 3.07. The normalized spacial score (nSPS) is 10.4. The third-order valence-electron chi connectivity index (χ3n) is 2.04. The van der Waals surface area contributed by atoms with Gasteiger partial charge in [-0.25, -0.2) is 9.89 Å². The molecule has 2 aromatic rings. The number of aromatic nitrogens is 3. The van der Waals surface area contributed by atoms with Gasteiger partial charge in [0.1, 0.15) is 0 Å². The molecule has 0 radical (unpaired) electrons. The van der Waals surface area contributed by atoms with E-state index in [-0.39, 0.29) is 5.69 Å². The number of nitrogen functional groups attached to an aromatic ring is 1. The topological polar surface area (TPSA) is 87.6 Å². The van der Waals surface area contributed by atoms with Gasteiger partial charge in [-0.2, -0.15) is 5.10 Å². The van der Waals surface area contributed by atoms with Crippen molar-refractivity contribution in [2.24, 2.45) is 0 Å². The van der Waals surface area contributed by atoms with E-state index in [2.05, 4.69) is 15.2 Å². The van der Waals surface area contributed by atoms with Crippen LogP contribution in [0.2, 0.25) is 0 Å². The molecular weight excluding hydrogens is 180 g/mol. The van der Waals surface area contributed by atoms with Gasteiger partial charge in [0.25, 0.3) is 0 Å². The van der Waals surface area contributed by atoms with E-state index in [1.54, 1.807) is 6.07 Å². The maximum Gasteiger partial charge on any atom is 0.340 e. The van der Waals surface area contributed by atoms with Crippen LogP contribution < -0.4 is 11.4 Å². The molecule has 0 saturated heterocycles. The molecule has 0 aliphatic carbocycles. The predicted molar refractivity (Wildman–Crippen MR) is 53.8 cm³/mol. The van der Waals surface area contributed by atoms with Crippen LogP contribution in [-0.4, -0.2) is 15.2 Å². The summed E-state index contributed by atoms with van der Waals surface area (Å²) in [5.41, 5.74) is 7.81. The van der Waals surface area contributed by atoms with Crippen LogP contribution in [0.25, 0.3) is 11.4 Å². The van der Waals surface area contributed by atoms with E-state index in [0.29, 0.717) is 11.5 Å². The molecule has 0 saturated carbocycles. The standard InChI is InChI=1S/C9H10N4O/c1-5-3-2-4-6(10)7(5)8-11-9(14)13-12-8/h2-4H,10H2,1H3,(H2,11,12,13,14). The first-order valence-electron chi connectivity index (χ1n) is 4.18. The van der Waals surface area contributed by atoms with Gasteiger partial charge >= 0.3 is 5.69 Å². The number of hydrogen-bond donors (Lipinski definition) is 3. The minimum absolute atomic E-state index is 0.331. The van der Waals surface area contributed by atoms with E-state index in [4.69, 9.17) is 5.73 Å². The van der Waals surface area contributed by atoms with Gasteiger partial charge in [0.05, 0.1) is 0 Å². The van der Waals surface area contributed by atoms with Crippen molar-refractivity contribution in [3.63, 3.8) is 0 Å². The van der Waals surface area contributed by atoms with Crippen molar-refractivity contribution in [1.82, 2.24) is 15.2 Å². The molecule has 0 fully saturated rings. The molecule has 2 rings (SSSR count). The number of rotatable bonds is 1. The molecule has 1 aromatic heterocycles. The first-order chi connectivity index (χ1) is 6.68. The van der Waals surface area contributed by atoms with Gasteiger partial charge in [0, 0.05) is 11.3 Å². The van der Waals surface area contributed by atoms with Gasteiger partial charge in [-0.3, -0.25) is 4.98 Å². The lowest BCUT2D eigenvalue weighted by Crippen LogP contribution is -2.01. The first kappa shape index (κ1) is 8.55. The Labute approximate surface area is 80.0 Å². The molecule has 0 spiro atoms. The molecule has 72 valence electrons.